The highest BCUT2D eigenvalue weighted by molar-refractivity contribution is 8.00. The molecular formula is C16H18N4O2S2. The molecule has 0 aromatic carbocycles. The van der Waals surface area contributed by atoms with E-state index in [0.29, 0.717) is 11.1 Å². The lowest BCUT2D eigenvalue weighted by Crippen LogP contribution is -2.50. The first-order valence-electron chi connectivity index (χ1n) is 7.89. The molecule has 1 aliphatic carbocycles. The Labute approximate surface area is 148 Å². The molecule has 1 fully saturated rings. The van der Waals surface area contributed by atoms with E-state index in [2.05, 4.69) is 21.6 Å². The lowest BCUT2D eigenvalue weighted by Gasteiger charge is -2.32. The zero-order valence-electron chi connectivity index (χ0n) is 13.3. The number of carbonyl (C=O) groups is 1. The van der Waals surface area contributed by atoms with Crippen molar-refractivity contribution >= 4 is 29.0 Å². The summed E-state index contributed by atoms with van der Waals surface area (Å²) in [5.41, 5.74) is -0.721. The summed E-state index contributed by atoms with van der Waals surface area (Å²) < 4.78 is 5.60. The number of nitrogens with zero attached hydrogens (tertiary/aromatic N) is 3. The van der Waals surface area contributed by atoms with Crippen LogP contribution in [-0.4, -0.2) is 26.9 Å². The van der Waals surface area contributed by atoms with Crippen molar-refractivity contribution < 1.29 is 9.21 Å². The Bertz CT molecular complexity index is 730. The first-order valence-corrected chi connectivity index (χ1v) is 9.65. The van der Waals surface area contributed by atoms with Crippen molar-refractivity contribution in [2.45, 2.75) is 55.0 Å². The number of thiophene rings is 1. The molecule has 1 N–H and O–H groups in total. The molecule has 24 heavy (non-hydrogen) atoms. The van der Waals surface area contributed by atoms with Gasteiger partial charge in [0.15, 0.2) is 0 Å². The molecule has 1 saturated carbocycles. The molecule has 6 nitrogen and oxygen atoms in total. The van der Waals surface area contributed by atoms with Gasteiger partial charge in [0.25, 0.3) is 11.1 Å². The van der Waals surface area contributed by atoms with Crippen molar-refractivity contribution in [3.05, 3.63) is 17.5 Å². The molecule has 0 bridgehead atoms. The minimum Gasteiger partial charge on any atom is -0.410 e. The van der Waals surface area contributed by atoms with Gasteiger partial charge in [0.1, 0.15) is 5.54 Å². The molecule has 0 unspecified atom stereocenters. The zero-order chi connectivity index (χ0) is 17.0. The average molecular weight is 362 g/mol. The third-order valence-corrected chi connectivity index (χ3v) is 5.86. The van der Waals surface area contributed by atoms with E-state index >= 15 is 0 Å². The summed E-state index contributed by atoms with van der Waals surface area (Å²) in [5.74, 6) is 0.292. The van der Waals surface area contributed by atoms with Gasteiger partial charge in [-0.15, -0.1) is 21.5 Å². The Morgan fingerprint density at radius 1 is 1.46 bits per heavy atom. The van der Waals surface area contributed by atoms with Gasteiger partial charge in [0.05, 0.1) is 16.2 Å². The maximum Gasteiger partial charge on any atom is 0.277 e. The quantitative estimate of drug-likeness (QED) is 0.817. The van der Waals surface area contributed by atoms with Crippen molar-refractivity contribution in [1.29, 1.82) is 5.26 Å². The van der Waals surface area contributed by atoms with Gasteiger partial charge >= 0.3 is 0 Å². The maximum atomic E-state index is 12.4. The lowest BCUT2D eigenvalue weighted by molar-refractivity contribution is -0.122. The molecule has 1 atom stereocenters. The summed E-state index contributed by atoms with van der Waals surface area (Å²) in [6.45, 7) is 1.78. The molecule has 1 amide bonds. The van der Waals surface area contributed by atoms with Crippen molar-refractivity contribution in [2.24, 2.45) is 0 Å². The molecule has 126 valence electrons. The van der Waals surface area contributed by atoms with Crippen molar-refractivity contribution in [3.8, 4) is 16.8 Å². The molecular weight excluding hydrogens is 344 g/mol. The van der Waals surface area contributed by atoms with E-state index in [-0.39, 0.29) is 5.91 Å². The van der Waals surface area contributed by atoms with Crippen LogP contribution in [0.4, 0.5) is 0 Å². The van der Waals surface area contributed by atoms with E-state index < -0.39 is 10.8 Å². The van der Waals surface area contributed by atoms with Gasteiger partial charge in [0, 0.05) is 0 Å². The molecule has 0 radical (unpaired) electrons. The summed E-state index contributed by atoms with van der Waals surface area (Å²) in [4.78, 5) is 13.3. The number of rotatable bonds is 5. The molecule has 0 spiro atoms. The summed E-state index contributed by atoms with van der Waals surface area (Å²) in [7, 11) is 0. The molecule has 0 saturated heterocycles. The fraction of sp³-hybridized carbons (Fsp3) is 0.500. The van der Waals surface area contributed by atoms with Gasteiger partial charge < -0.3 is 9.73 Å². The Morgan fingerprint density at radius 2 is 2.25 bits per heavy atom. The fourth-order valence-electron chi connectivity index (χ4n) is 2.72. The number of hydrogen-bond donors (Lipinski definition) is 1. The van der Waals surface area contributed by atoms with Crippen molar-refractivity contribution in [2.75, 3.05) is 0 Å². The van der Waals surface area contributed by atoms with E-state index in [1.165, 1.54) is 23.1 Å². The largest absolute Gasteiger partial charge is 0.410 e. The normalized spacial score (nSPS) is 17.8. The second-order valence-electron chi connectivity index (χ2n) is 5.85. The fourth-order valence-corrected chi connectivity index (χ4v) is 4.05. The summed E-state index contributed by atoms with van der Waals surface area (Å²) in [5, 5.41) is 22.3. The third kappa shape index (κ3) is 3.79. The highest BCUT2D eigenvalue weighted by Crippen LogP contribution is 2.30. The average Bonchev–Trinajstić information content (AvgIpc) is 3.26. The first-order chi connectivity index (χ1) is 11.6. The van der Waals surface area contributed by atoms with Crippen molar-refractivity contribution in [3.63, 3.8) is 0 Å². The molecule has 2 heterocycles. The monoisotopic (exact) mass is 362 g/mol. The second-order valence-corrected chi connectivity index (χ2v) is 8.09. The smallest absolute Gasteiger partial charge is 0.277 e. The predicted molar refractivity (Wildman–Crippen MR) is 92.5 cm³/mol. The van der Waals surface area contributed by atoms with Crippen LogP contribution in [0.3, 0.4) is 0 Å². The van der Waals surface area contributed by atoms with Gasteiger partial charge in [-0.2, -0.15) is 5.26 Å². The molecule has 2 aromatic rings. The Balaban J connectivity index is 1.61. The van der Waals surface area contributed by atoms with Crippen LogP contribution in [0.2, 0.25) is 0 Å². The number of aromatic nitrogens is 2. The van der Waals surface area contributed by atoms with Crippen molar-refractivity contribution in [1.82, 2.24) is 15.5 Å². The van der Waals surface area contributed by atoms with E-state index in [9.17, 15) is 10.1 Å². The predicted octanol–water partition coefficient (Wildman–Crippen LogP) is 3.62. The van der Waals surface area contributed by atoms with E-state index in [1.807, 2.05) is 17.5 Å². The molecule has 1 aliphatic rings. The highest BCUT2D eigenvalue weighted by atomic mass is 32.2. The summed E-state index contributed by atoms with van der Waals surface area (Å²) in [6.07, 6.45) is 4.51. The maximum absolute atomic E-state index is 12.4. The van der Waals surface area contributed by atoms with Crippen LogP contribution in [0.5, 0.6) is 0 Å². The lowest BCUT2D eigenvalue weighted by atomic mass is 9.83. The topological polar surface area (TPSA) is 91.8 Å². The number of hydrogen-bond acceptors (Lipinski definition) is 7. The van der Waals surface area contributed by atoms with Gasteiger partial charge in [-0.05, 0) is 31.2 Å². The molecule has 2 aromatic heterocycles. The van der Waals surface area contributed by atoms with Gasteiger partial charge in [-0.25, -0.2) is 0 Å². The van der Waals surface area contributed by atoms with E-state index in [0.717, 1.165) is 37.0 Å². The van der Waals surface area contributed by atoms with Crippen LogP contribution in [0.15, 0.2) is 27.2 Å². The van der Waals surface area contributed by atoms with Crippen LogP contribution >= 0.6 is 23.1 Å². The molecule has 8 heteroatoms. The van der Waals surface area contributed by atoms with E-state index in [4.69, 9.17) is 4.42 Å². The Hall–Kier alpha value is -1.85. The number of nitriles is 1. The van der Waals surface area contributed by atoms with Crippen LogP contribution in [0.1, 0.15) is 39.0 Å². The summed E-state index contributed by atoms with van der Waals surface area (Å²) >= 11 is 2.73. The first kappa shape index (κ1) is 17.0. The zero-order valence-corrected chi connectivity index (χ0v) is 15.0. The molecule has 0 aliphatic heterocycles. The van der Waals surface area contributed by atoms with E-state index in [1.54, 1.807) is 6.92 Å². The minimum atomic E-state index is -0.721. The van der Waals surface area contributed by atoms with Crippen LogP contribution in [0.25, 0.3) is 10.8 Å². The SMILES string of the molecule is C[C@@H](Sc1nnc(-c2cccs2)o1)C(=O)NC1(C#N)CCCCC1. The van der Waals surface area contributed by atoms with Gasteiger partial charge in [-0.1, -0.05) is 37.1 Å². The highest BCUT2D eigenvalue weighted by Gasteiger charge is 2.35. The number of amides is 1. The summed E-state index contributed by atoms with van der Waals surface area (Å²) in [6, 6.07) is 6.12. The number of carbonyl (C=O) groups excluding carboxylic acids is 1. The third-order valence-electron chi connectivity index (χ3n) is 4.07. The van der Waals surface area contributed by atoms with Gasteiger partial charge in [-0.3, -0.25) is 4.79 Å². The van der Waals surface area contributed by atoms with Crippen LogP contribution in [-0.2, 0) is 4.79 Å². The minimum absolute atomic E-state index is 0.167. The number of thioether (sulfide) groups is 1. The van der Waals surface area contributed by atoms with Gasteiger partial charge in [0.2, 0.25) is 5.91 Å². The van der Waals surface area contributed by atoms with Crippen LogP contribution < -0.4 is 5.32 Å². The van der Waals surface area contributed by atoms with Crippen LogP contribution in [0, 0.1) is 11.3 Å². The Morgan fingerprint density at radius 3 is 2.92 bits per heavy atom. The molecule has 3 rings (SSSR count). The standard InChI is InChI=1S/C16H18N4O2S2/c1-11(13(21)18-16(10-17)7-3-2-4-8-16)24-15-20-19-14(22-15)12-6-5-9-23-12/h5-6,9,11H,2-4,7-8H2,1H3,(H,18,21)/t11-/m1/s1. The Kier molecular flexibility index (Phi) is 5.21. The number of nitrogens with one attached hydrogen (secondary N) is 1. The second kappa shape index (κ2) is 7.36.